The average molecular weight is 552 g/mol. The predicted molar refractivity (Wildman–Crippen MR) is 143 cm³/mol. The van der Waals surface area contributed by atoms with Crippen LogP contribution in [0.4, 0.5) is 18.9 Å². The van der Waals surface area contributed by atoms with E-state index in [1.807, 2.05) is 30.3 Å². The molecule has 1 saturated carbocycles. The number of rotatable bonds is 8. The van der Waals surface area contributed by atoms with E-state index in [1.165, 1.54) is 19.2 Å². The van der Waals surface area contributed by atoms with Crippen molar-refractivity contribution in [1.82, 2.24) is 9.55 Å². The molecule has 1 aliphatic rings. The first-order valence-electron chi connectivity index (χ1n) is 13.1. The highest BCUT2D eigenvalue weighted by Crippen LogP contribution is 2.40. The average Bonchev–Trinajstić information content (AvgIpc) is 3.28. The lowest BCUT2D eigenvalue weighted by Crippen LogP contribution is -2.35. The van der Waals surface area contributed by atoms with Crippen LogP contribution >= 0.6 is 0 Å². The maximum atomic E-state index is 14.8. The number of halogens is 3. The van der Waals surface area contributed by atoms with Crippen LogP contribution in [0.1, 0.15) is 66.0 Å². The Morgan fingerprint density at radius 3 is 2.33 bits per heavy atom. The van der Waals surface area contributed by atoms with E-state index in [2.05, 4.69) is 10.3 Å². The van der Waals surface area contributed by atoms with E-state index in [9.17, 15) is 27.9 Å². The minimum absolute atomic E-state index is 0.150. The van der Waals surface area contributed by atoms with Crippen LogP contribution in [0.3, 0.4) is 0 Å². The molecule has 5 rings (SSSR count). The summed E-state index contributed by atoms with van der Waals surface area (Å²) >= 11 is 0. The van der Waals surface area contributed by atoms with Crippen molar-refractivity contribution in [3.63, 3.8) is 0 Å². The normalized spacial score (nSPS) is 15.6. The van der Waals surface area contributed by atoms with Gasteiger partial charge in [-0.1, -0.05) is 49.6 Å². The molecule has 4 aromatic rings. The van der Waals surface area contributed by atoms with Crippen molar-refractivity contribution in [2.45, 2.75) is 44.2 Å². The zero-order valence-electron chi connectivity index (χ0n) is 21.7. The summed E-state index contributed by atoms with van der Waals surface area (Å²) in [6.45, 7) is 0. The first kappa shape index (κ1) is 27.4. The van der Waals surface area contributed by atoms with Crippen molar-refractivity contribution in [3.05, 3.63) is 95.1 Å². The summed E-state index contributed by atoms with van der Waals surface area (Å²) in [4.78, 5) is 29.9. The number of aromatic nitrogens is 2. The van der Waals surface area contributed by atoms with Gasteiger partial charge in [0, 0.05) is 19.2 Å². The number of fused-ring (bicyclic) bond motifs is 1. The van der Waals surface area contributed by atoms with Crippen LogP contribution in [0.15, 0.2) is 60.7 Å². The fourth-order valence-electron chi connectivity index (χ4n) is 5.55. The van der Waals surface area contributed by atoms with E-state index in [0.29, 0.717) is 12.8 Å². The van der Waals surface area contributed by atoms with Crippen LogP contribution in [0.5, 0.6) is 0 Å². The number of carbonyl (C=O) groups excluding carboxylic acids is 1. The molecule has 0 radical (unpaired) electrons. The lowest BCUT2D eigenvalue weighted by Gasteiger charge is -2.33. The van der Waals surface area contributed by atoms with E-state index >= 15 is 0 Å². The zero-order chi connectivity index (χ0) is 28.4. The summed E-state index contributed by atoms with van der Waals surface area (Å²) in [5, 5.41) is 11.8. The molecule has 0 spiro atoms. The number of nitrogens with zero attached hydrogens (tertiary/aromatic N) is 2. The maximum absolute atomic E-state index is 14.8. The quantitative estimate of drug-likeness (QED) is 0.256. The van der Waals surface area contributed by atoms with E-state index in [1.54, 1.807) is 4.57 Å². The van der Waals surface area contributed by atoms with Gasteiger partial charge in [-0.25, -0.2) is 22.9 Å². The lowest BCUT2D eigenvalue weighted by molar-refractivity contribution is -0.121. The summed E-state index contributed by atoms with van der Waals surface area (Å²) in [7, 11) is 1.48. The van der Waals surface area contributed by atoms with Gasteiger partial charge >= 0.3 is 5.97 Å². The Morgan fingerprint density at radius 1 is 0.975 bits per heavy atom. The number of benzene rings is 3. The van der Waals surface area contributed by atoms with E-state index in [4.69, 9.17) is 4.74 Å². The van der Waals surface area contributed by atoms with Crippen LogP contribution in [-0.4, -0.2) is 33.6 Å². The topological polar surface area (TPSA) is 93.5 Å². The number of amides is 1. The molecule has 1 aliphatic carbocycles. The number of aromatic carboxylic acids is 1. The minimum atomic E-state index is -1.30. The molecule has 2 N–H and O–H groups in total. The molecule has 7 nitrogen and oxygen atoms in total. The molecule has 0 aliphatic heterocycles. The second-order valence-corrected chi connectivity index (χ2v) is 9.95. The highest BCUT2D eigenvalue weighted by atomic mass is 19.2. The minimum Gasteiger partial charge on any atom is -0.478 e. The second kappa shape index (κ2) is 11.5. The molecule has 1 amide bonds. The highest BCUT2D eigenvalue weighted by molar-refractivity contribution is 5.96. The van der Waals surface area contributed by atoms with Crippen molar-refractivity contribution in [1.29, 1.82) is 0 Å². The van der Waals surface area contributed by atoms with Crippen molar-refractivity contribution < 1.29 is 32.6 Å². The molecule has 1 aromatic heterocycles. The van der Waals surface area contributed by atoms with Gasteiger partial charge in [0.15, 0.2) is 11.6 Å². The number of carboxylic acid groups (broad SMARTS) is 1. The Bertz CT molecular complexity index is 1550. The van der Waals surface area contributed by atoms with Gasteiger partial charge in [-0.05, 0) is 42.5 Å². The van der Waals surface area contributed by atoms with Gasteiger partial charge in [0.2, 0.25) is 5.91 Å². The van der Waals surface area contributed by atoms with E-state index < -0.39 is 41.5 Å². The van der Waals surface area contributed by atoms with Gasteiger partial charge < -0.3 is 19.7 Å². The Hall–Kier alpha value is -4.18. The SMILES string of the molecule is CO[C@@H](c1ccccc1)c1nc2cc(F)c(F)cc2n1[C@H](C(=O)Nc1ccc(C(=O)O)cc1F)C1CCCCC1. The lowest BCUT2D eigenvalue weighted by atomic mass is 9.83. The first-order chi connectivity index (χ1) is 19.3. The Balaban J connectivity index is 1.68. The summed E-state index contributed by atoms with van der Waals surface area (Å²) in [6, 6.07) is 13.4. The van der Waals surface area contributed by atoms with Gasteiger partial charge in [0.05, 0.1) is 22.3 Å². The molecule has 1 fully saturated rings. The monoisotopic (exact) mass is 551 g/mol. The van der Waals surface area contributed by atoms with Crippen molar-refractivity contribution in [2.24, 2.45) is 5.92 Å². The number of nitrogens with one attached hydrogen (secondary N) is 1. The third kappa shape index (κ3) is 5.31. The highest BCUT2D eigenvalue weighted by Gasteiger charge is 2.37. The summed E-state index contributed by atoms with van der Waals surface area (Å²) in [5.41, 5.74) is 0.633. The largest absolute Gasteiger partial charge is 0.478 e. The number of hydrogen-bond donors (Lipinski definition) is 2. The predicted octanol–water partition coefficient (Wildman–Crippen LogP) is 6.65. The van der Waals surface area contributed by atoms with Gasteiger partial charge in [-0.2, -0.15) is 0 Å². The third-order valence-corrected chi connectivity index (χ3v) is 7.45. The Kier molecular flexibility index (Phi) is 7.88. The zero-order valence-corrected chi connectivity index (χ0v) is 21.7. The second-order valence-electron chi connectivity index (χ2n) is 9.95. The molecule has 3 aromatic carbocycles. The molecule has 40 heavy (non-hydrogen) atoms. The van der Waals surface area contributed by atoms with E-state index in [-0.39, 0.29) is 34.0 Å². The molecule has 208 valence electrons. The van der Waals surface area contributed by atoms with Crippen LogP contribution in [0, 0.1) is 23.4 Å². The number of ether oxygens (including phenoxy) is 1. The molecular formula is C30H28F3N3O4. The van der Waals surface area contributed by atoms with Gasteiger partial charge in [0.1, 0.15) is 23.8 Å². The Labute approximate surface area is 228 Å². The molecule has 0 saturated heterocycles. The smallest absolute Gasteiger partial charge is 0.335 e. The van der Waals surface area contributed by atoms with Crippen LogP contribution in [0.2, 0.25) is 0 Å². The third-order valence-electron chi connectivity index (χ3n) is 7.45. The molecule has 0 unspecified atom stereocenters. The maximum Gasteiger partial charge on any atom is 0.335 e. The summed E-state index contributed by atoms with van der Waals surface area (Å²) in [5.74, 6) is -4.88. The van der Waals surface area contributed by atoms with E-state index in [0.717, 1.165) is 43.0 Å². The first-order valence-corrected chi connectivity index (χ1v) is 13.1. The fourth-order valence-corrected chi connectivity index (χ4v) is 5.55. The molecule has 0 bridgehead atoms. The van der Waals surface area contributed by atoms with Gasteiger partial charge in [-0.15, -0.1) is 0 Å². The molecule has 2 atom stereocenters. The van der Waals surface area contributed by atoms with Crippen molar-refractivity contribution in [3.8, 4) is 0 Å². The van der Waals surface area contributed by atoms with Crippen LogP contribution in [0.25, 0.3) is 11.0 Å². The molecule has 1 heterocycles. The number of carboxylic acids is 1. The Morgan fingerprint density at radius 2 is 1.68 bits per heavy atom. The van der Waals surface area contributed by atoms with Crippen molar-refractivity contribution in [2.75, 3.05) is 12.4 Å². The van der Waals surface area contributed by atoms with Crippen LogP contribution in [-0.2, 0) is 9.53 Å². The number of anilines is 1. The van der Waals surface area contributed by atoms with Crippen LogP contribution < -0.4 is 5.32 Å². The number of hydrogen-bond acceptors (Lipinski definition) is 4. The number of imidazole rings is 1. The number of carbonyl (C=O) groups is 2. The fraction of sp³-hybridized carbons (Fsp3) is 0.300. The standard InChI is InChI=1S/C30H28F3N3O4/c1-40-27(18-10-6-3-7-11-18)28-34-24-15-20(31)21(32)16-25(24)36(28)26(17-8-4-2-5-9-17)29(37)35-23-13-12-19(30(38)39)14-22(23)33/h3,6-7,10-17,26-27H,2,4-5,8-9H2,1H3,(H,35,37)(H,38,39)/t26-,27-/m0/s1. The summed E-state index contributed by atoms with van der Waals surface area (Å²) in [6.07, 6.45) is 3.33. The van der Waals surface area contributed by atoms with Gasteiger partial charge in [0.25, 0.3) is 0 Å². The molecular weight excluding hydrogens is 523 g/mol. The van der Waals surface area contributed by atoms with Gasteiger partial charge in [-0.3, -0.25) is 4.79 Å². The van der Waals surface area contributed by atoms with Crippen molar-refractivity contribution >= 4 is 28.6 Å². The summed E-state index contributed by atoms with van der Waals surface area (Å²) < 4.78 is 51.2. The number of methoxy groups -OCH3 is 1. The molecule has 10 heteroatoms.